The number of anilines is 1. The number of benzene rings is 1. The first-order valence-corrected chi connectivity index (χ1v) is 5.01. The fourth-order valence-electron chi connectivity index (χ4n) is 1.19. The summed E-state index contributed by atoms with van der Waals surface area (Å²) in [7, 11) is 0. The van der Waals surface area contributed by atoms with Gasteiger partial charge in [-0.3, -0.25) is 4.79 Å². The van der Waals surface area contributed by atoms with Crippen LogP contribution >= 0.6 is 0 Å². The molecule has 0 heterocycles. The largest absolute Gasteiger partial charge is 0.383 e. The van der Waals surface area contributed by atoms with Gasteiger partial charge in [-0.1, -0.05) is 6.92 Å². The molecule has 0 aliphatic rings. The van der Waals surface area contributed by atoms with Crippen LogP contribution in [-0.4, -0.2) is 11.8 Å². The molecule has 0 radical (unpaired) electrons. The summed E-state index contributed by atoms with van der Waals surface area (Å²) in [6.07, 6.45) is 1.09. The summed E-state index contributed by atoms with van der Waals surface area (Å²) in [5.74, 6) is 0.111. The summed E-state index contributed by atoms with van der Waals surface area (Å²) in [5, 5.41) is 3.35. The third-order valence-corrected chi connectivity index (χ3v) is 2.32. The van der Waals surface area contributed by atoms with Gasteiger partial charge in [0, 0.05) is 17.3 Å². The number of rotatable bonds is 4. The molecule has 0 aliphatic heterocycles. The average Bonchev–Trinajstić information content (AvgIpc) is 2.18. The van der Waals surface area contributed by atoms with Gasteiger partial charge in [0.1, 0.15) is 0 Å². The zero-order chi connectivity index (χ0) is 10.6. The highest BCUT2D eigenvalue weighted by Crippen LogP contribution is 2.11. The Hall–Kier alpha value is -1.31. The lowest BCUT2D eigenvalue weighted by molar-refractivity contribution is 0.101. The van der Waals surface area contributed by atoms with Crippen molar-refractivity contribution in [3.63, 3.8) is 0 Å². The van der Waals surface area contributed by atoms with Crippen molar-refractivity contribution in [2.24, 2.45) is 0 Å². The molecule has 0 fully saturated rings. The first-order chi connectivity index (χ1) is 6.63. The molecular weight excluding hydrogens is 174 g/mol. The van der Waals surface area contributed by atoms with Gasteiger partial charge in [0.15, 0.2) is 5.78 Å². The van der Waals surface area contributed by atoms with Crippen molar-refractivity contribution in [3.8, 4) is 0 Å². The first kappa shape index (κ1) is 10.8. The standard InChI is InChI=1S/C12H17NO/c1-4-9(2)13-12-7-5-11(6-8-12)10(3)14/h5-9,13H,4H2,1-3H3. The van der Waals surface area contributed by atoms with Crippen LogP contribution in [0, 0.1) is 0 Å². The quantitative estimate of drug-likeness (QED) is 0.741. The number of nitrogens with one attached hydrogen (secondary N) is 1. The summed E-state index contributed by atoms with van der Waals surface area (Å²) in [5.41, 5.74) is 1.84. The van der Waals surface area contributed by atoms with Gasteiger partial charge in [0.25, 0.3) is 0 Å². The SMILES string of the molecule is CCC(C)Nc1ccc(C(C)=O)cc1. The fraction of sp³-hybridized carbons (Fsp3) is 0.417. The number of carbonyl (C=O) groups is 1. The van der Waals surface area contributed by atoms with E-state index in [2.05, 4.69) is 19.2 Å². The molecule has 2 heteroatoms. The predicted octanol–water partition coefficient (Wildman–Crippen LogP) is 3.10. The highest BCUT2D eigenvalue weighted by atomic mass is 16.1. The molecule has 0 saturated heterocycles. The first-order valence-electron chi connectivity index (χ1n) is 5.01. The molecule has 1 rings (SSSR count). The third-order valence-electron chi connectivity index (χ3n) is 2.32. The zero-order valence-corrected chi connectivity index (χ0v) is 9.00. The summed E-state index contributed by atoms with van der Waals surface area (Å²) in [6, 6.07) is 8.07. The third kappa shape index (κ3) is 2.87. The van der Waals surface area contributed by atoms with E-state index in [-0.39, 0.29) is 5.78 Å². The van der Waals surface area contributed by atoms with E-state index in [1.165, 1.54) is 0 Å². The Morgan fingerprint density at radius 2 is 1.93 bits per heavy atom. The lowest BCUT2D eigenvalue weighted by atomic mass is 10.1. The minimum absolute atomic E-state index is 0.111. The maximum Gasteiger partial charge on any atom is 0.159 e. The average molecular weight is 191 g/mol. The van der Waals surface area contributed by atoms with Gasteiger partial charge >= 0.3 is 0 Å². The van der Waals surface area contributed by atoms with Gasteiger partial charge in [0.2, 0.25) is 0 Å². The molecule has 0 saturated carbocycles. The van der Waals surface area contributed by atoms with Crippen molar-refractivity contribution >= 4 is 11.5 Å². The summed E-state index contributed by atoms with van der Waals surface area (Å²) in [4.78, 5) is 11.0. The molecule has 0 aliphatic carbocycles. The second-order valence-corrected chi connectivity index (χ2v) is 3.59. The molecule has 1 unspecified atom stereocenters. The van der Waals surface area contributed by atoms with E-state index in [1.807, 2.05) is 24.3 Å². The van der Waals surface area contributed by atoms with E-state index in [0.717, 1.165) is 17.7 Å². The van der Waals surface area contributed by atoms with Crippen LogP contribution in [0.2, 0.25) is 0 Å². The van der Waals surface area contributed by atoms with E-state index >= 15 is 0 Å². The second-order valence-electron chi connectivity index (χ2n) is 3.59. The molecule has 0 spiro atoms. The smallest absolute Gasteiger partial charge is 0.159 e. The Bertz CT molecular complexity index is 303. The van der Waals surface area contributed by atoms with Crippen LogP contribution in [0.25, 0.3) is 0 Å². The number of carbonyl (C=O) groups excluding carboxylic acids is 1. The maximum absolute atomic E-state index is 11.0. The highest BCUT2D eigenvalue weighted by molar-refractivity contribution is 5.94. The predicted molar refractivity (Wildman–Crippen MR) is 59.8 cm³/mol. The Kier molecular flexibility index (Phi) is 3.69. The molecule has 0 bridgehead atoms. The van der Waals surface area contributed by atoms with Gasteiger partial charge < -0.3 is 5.32 Å². The number of hydrogen-bond acceptors (Lipinski definition) is 2. The van der Waals surface area contributed by atoms with Crippen LogP contribution in [0.1, 0.15) is 37.6 Å². The molecule has 14 heavy (non-hydrogen) atoms. The van der Waals surface area contributed by atoms with Crippen molar-refractivity contribution < 1.29 is 4.79 Å². The highest BCUT2D eigenvalue weighted by Gasteiger charge is 2.00. The van der Waals surface area contributed by atoms with Gasteiger partial charge in [-0.2, -0.15) is 0 Å². The van der Waals surface area contributed by atoms with Crippen molar-refractivity contribution in [2.45, 2.75) is 33.2 Å². The monoisotopic (exact) mass is 191 g/mol. The van der Waals surface area contributed by atoms with E-state index in [4.69, 9.17) is 0 Å². The van der Waals surface area contributed by atoms with Crippen LogP contribution in [0.15, 0.2) is 24.3 Å². The topological polar surface area (TPSA) is 29.1 Å². The van der Waals surface area contributed by atoms with Crippen molar-refractivity contribution in [2.75, 3.05) is 5.32 Å². The summed E-state index contributed by atoms with van der Waals surface area (Å²) in [6.45, 7) is 5.86. The Labute approximate surface area is 85.3 Å². The Balaban J connectivity index is 2.68. The van der Waals surface area contributed by atoms with Gasteiger partial charge in [-0.15, -0.1) is 0 Å². The van der Waals surface area contributed by atoms with Crippen molar-refractivity contribution in [3.05, 3.63) is 29.8 Å². The fourth-order valence-corrected chi connectivity index (χ4v) is 1.19. The molecule has 1 aromatic carbocycles. The number of Topliss-reactive ketones (excluding diaryl/α,β-unsaturated/α-hetero) is 1. The minimum Gasteiger partial charge on any atom is -0.383 e. The molecule has 0 amide bonds. The lowest BCUT2D eigenvalue weighted by Crippen LogP contribution is -2.13. The van der Waals surface area contributed by atoms with Gasteiger partial charge in [-0.25, -0.2) is 0 Å². The van der Waals surface area contributed by atoms with E-state index in [9.17, 15) is 4.79 Å². The maximum atomic E-state index is 11.0. The van der Waals surface area contributed by atoms with E-state index in [1.54, 1.807) is 6.92 Å². The summed E-state index contributed by atoms with van der Waals surface area (Å²) < 4.78 is 0. The summed E-state index contributed by atoms with van der Waals surface area (Å²) >= 11 is 0. The molecule has 0 aromatic heterocycles. The van der Waals surface area contributed by atoms with Gasteiger partial charge in [-0.05, 0) is 44.5 Å². The normalized spacial score (nSPS) is 12.2. The van der Waals surface area contributed by atoms with Crippen LogP contribution in [-0.2, 0) is 0 Å². The zero-order valence-electron chi connectivity index (χ0n) is 9.00. The van der Waals surface area contributed by atoms with Crippen molar-refractivity contribution in [1.82, 2.24) is 0 Å². The number of hydrogen-bond donors (Lipinski definition) is 1. The van der Waals surface area contributed by atoms with E-state index < -0.39 is 0 Å². The molecule has 1 N–H and O–H groups in total. The van der Waals surface area contributed by atoms with Crippen LogP contribution in [0.3, 0.4) is 0 Å². The van der Waals surface area contributed by atoms with Crippen LogP contribution < -0.4 is 5.32 Å². The minimum atomic E-state index is 0.111. The molecular formula is C12H17NO. The molecule has 1 atom stereocenters. The Morgan fingerprint density at radius 3 is 2.36 bits per heavy atom. The van der Waals surface area contributed by atoms with Crippen LogP contribution in [0.5, 0.6) is 0 Å². The van der Waals surface area contributed by atoms with Gasteiger partial charge in [0.05, 0.1) is 0 Å². The molecule has 1 aromatic rings. The van der Waals surface area contributed by atoms with Crippen molar-refractivity contribution in [1.29, 1.82) is 0 Å². The lowest BCUT2D eigenvalue weighted by Gasteiger charge is -2.12. The van der Waals surface area contributed by atoms with E-state index in [0.29, 0.717) is 6.04 Å². The molecule has 76 valence electrons. The Morgan fingerprint density at radius 1 is 1.36 bits per heavy atom. The molecule has 2 nitrogen and oxygen atoms in total. The van der Waals surface area contributed by atoms with Crippen LogP contribution in [0.4, 0.5) is 5.69 Å². The second kappa shape index (κ2) is 4.80. The number of ketones is 1.